The highest BCUT2D eigenvalue weighted by Crippen LogP contribution is 2.30. The predicted molar refractivity (Wildman–Crippen MR) is 79.1 cm³/mol. The van der Waals surface area contributed by atoms with Gasteiger partial charge in [-0.05, 0) is 31.7 Å². The standard InChI is InChI=1S/C13H21N5O2S/c19-21(20)5-3-10(8-21)12-15-13(17-16-12)18-6-9-2-1-4-14-11(9)7-18/h9-11,14H,1-8H2,(H,15,16,17). The van der Waals surface area contributed by atoms with Gasteiger partial charge in [0.1, 0.15) is 5.82 Å². The SMILES string of the molecule is O=S1(=O)CCC(c2nc(N3CC4CCCNC4C3)n[nH]2)C1. The molecule has 3 aliphatic rings. The van der Waals surface area contributed by atoms with E-state index in [0.717, 1.165) is 31.4 Å². The number of anilines is 1. The topological polar surface area (TPSA) is 91.0 Å². The van der Waals surface area contributed by atoms with Crippen molar-refractivity contribution >= 4 is 15.8 Å². The fourth-order valence-electron chi connectivity index (χ4n) is 3.81. The number of H-pyrrole nitrogens is 1. The summed E-state index contributed by atoms with van der Waals surface area (Å²) in [5, 5.41) is 10.8. The van der Waals surface area contributed by atoms with E-state index in [1.54, 1.807) is 0 Å². The number of fused-ring (bicyclic) bond motifs is 1. The summed E-state index contributed by atoms with van der Waals surface area (Å²) in [6, 6.07) is 0.549. The van der Waals surface area contributed by atoms with E-state index >= 15 is 0 Å². The fraction of sp³-hybridized carbons (Fsp3) is 0.846. The lowest BCUT2D eigenvalue weighted by atomic mass is 9.94. The van der Waals surface area contributed by atoms with Crippen molar-refractivity contribution in [2.75, 3.05) is 36.0 Å². The summed E-state index contributed by atoms with van der Waals surface area (Å²) < 4.78 is 23.1. The van der Waals surface area contributed by atoms with Gasteiger partial charge < -0.3 is 10.2 Å². The number of hydrogen-bond donors (Lipinski definition) is 2. The van der Waals surface area contributed by atoms with Crippen molar-refractivity contribution in [2.24, 2.45) is 5.92 Å². The average Bonchev–Trinajstić information content (AvgIpc) is 3.14. The van der Waals surface area contributed by atoms with Crippen LogP contribution in [0.2, 0.25) is 0 Å². The van der Waals surface area contributed by atoms with Gasteiger partial charge in [-0.25, -0.2) is 8.42 Å². The molecule has 0 saturated carbocycles. The molecule has 0 aromatic carbocycles. The zero-order valence-electron chi connectivity index (χ0n) is 12.0. The van der Waals surface area contributed by atoms with Crippen LogP contribution in [-0.2, 0) is 9.84 Å². The minimum Gasteiger partial charge on any atom is -0.338 e. The number of nitrogens with zero attached hydrogens (tertiary/aromatic N) is 3. The lowest BCUT2D eigenvalue weighted by Crippen LogP contribution is -2.40. The minimum absolute atomic E-state index is 0.0146. The maximum atomic E-state index is 11.6. The van der Waals surface area contributed by atoms with Crippen LogP contribution in [0.1, 0.15) is 31.0 Å². The molecule has 1 aromatic rings. The summed E-state index contributed by atoms with van der Waals surface area (Å²) in [7, 11) is -2.88. The number of rotatable bonds is 2. The molecule has 3 aliphatic heterocycles. The second kappa shape index (κ2) is 4.95. The van der Waals surface area contributed by atoms with Gasteiger partial charge in [-0.1, -0.05) is 0 Å². The molecule has 21 heavy (non-hydrogen) atoms. The van der Waals surface area contributed by atoms with Crippen LogP contribution in [0.3, 0.4) is 0 Å². The van der Waals surface area contributed by atoms with Crippen molar-refractivity contribution < 1.29 is 8.42 Å². The molecule has 2 N–H and O–H groups in total. The predicted octanol–water partition coefficient (Wildman–Crippen LogP) is -0.105. The zero-order chi connectivity index (χ0) is 14.4. The van der Waals surface area contributed by atoms with E-state index in [1.807, 2.05) is 0 Å². The van der Waals surface area contributed by atoms with Crippen LogP contribution < -0.4 is 10.2 Å². The second-order valence-electron chi connectivity index (χ2n) is 6.49. The Hall–Kier alpha value is -1.15. The summed E-state index contributed by atoms with van der Waals surface area (Å²) in [5.74, 6) is 2.60. The molecule has 0 amide bonds. The van der Waals surface area contributed by atoms with Gasteiger partial charge in [0.05, 0.1) is 11.5 Å². The molecule has 3 saturated heterocycles. The molecule has 4 rings (SSSR count). The molecule has 4 heterocycles. The zero-order valence-corrected chi connectivity index (χ0v) is 12.8. The van der Waals surface area contributed by atoms with Gasteiger partial charge in [0.25, 0.3) is 0 Å². The molecule has 3 unspecified atom stereocenters. The highest BCUT2D eigenvalue weighted by Gasteiger charge is 2.37. The second-order valence-corrected chi connectivity index (χ2v) is 8.72. The van der Waals surface area contributed by atoms with Gasteiger partial charge in [0.2, 0.25) is 5.95 Å². The van der Waals surface area contributed by atoms with Gasteiger partial charge in [0, 0.05) is 25.0 Å². The van der Waals surface area contributed by atoms with Crippen molar-refractivity contribution in [3.63, 3.8) is 0 Å². The van der Waals surface area contributed by atoms with Gasteiger partial charge in [-0.2, -0.15) is 4.98 Å². The number of piperidine rings is 1. The minimum atomic E-state index is -2.88. The molecule has 116 valence electrons. The van der Waals surface area contributed by atoms with Crippen LogP contribution >= 0.6 is 0 Å². The molecule has 3 fully saturated rings. The fourth-order valence-corrected chi connectivity index (χ4v) is 5.56. The van der Waals surface area contributed by atoms with Crippen molar-refractivity contribution in [2.45, 2.75) is 31.2 Å². The van der Waals surface area contributed by atoms with Crippen LogP contribution in [0.4, 0.5) is 5.95 Å². The number of nitrogens with one attached hydrogen (secondary N) is 2. The summed E-state index contributed by atoms with van der Waals surface area (Å²) in [6.45, 7) is 3.05. The smallest absolute Gasteiger partial charge is 0.244 e. The lowest BCUT2D eigenvalue weighted by molar-refractivity contribution is 0.340. The Morgan fingerprint density at radius 2 is 2.14 bits per heavy atom. The average molecular weight is 311 g/mol. The first kappa shape index (κ1) is 13.5. The highest BCUT2D eigenvalue weighted by atomic mass is 32.2. The molecule has 0 aliphatic carbocycles. The monoisotopic (exact) mass is 311 g/mol. The largest absolute Gasteiger partial charge is 0.338 e. The molecule has 1 aromatic heterocycles. The Balaban J connectivity index is 1.48. The molecule has 0 radical (unpaired) electrons. The molecular formula is C13H21N5O2S. The number of aromatic amines is 1. The summed E-state index contributed by atoms with van der Waals surface area (Å²) in [5.41, 5.74) is 0. The normalized spacial score (nSPS) is 35.0. The Morgan fingerprint density at radius 3 is 2.90 bits per heavy atom. The Morgan fingerprint density at radius 1 is 1.24 bits per heavy atom. The third kappa shape index (κ3) is 2.55. The third-order valence-corrected chi connectivity index (χ3v) is 6.76. The maximum absolute atomic E-state index is 11.6. The van der Waals surface area contributed by atoms with Crippen LogP contribution in [0, 0.1) is 5.92 Å². The first-order chi connectivity index (χ1) is 10.1. The Kier molecular flexibility index (Phi) is 3.18. The van der Waals surface area contributed by atoms with Crippen molar-refractivity contribution in [1.29, 1.82) is 0 Å². The molecule has 0 bridgehead atoms. The third-order valence-electron chi connectivity index (χ3n) is 4.99. The van der Waals surface area contributed by atoms with E-state index in [9.17, 15) is 8.42 Å². The van der Waals surface area contributed by atoms with Crippen molar-refractivity contribution in [3.8, 4) is 0 Å². The van der Waals surface area contributed by atoms with Crippen LogP contribution in [0.25, 0.3) is 0 Å². The molecule has 7 nitrogen and oxygen atoms in total. The first-order valence-electron chi connectivity index (χ1n) is 7.72. The van der Waals surface area contributed by atoms with Crippen LogP contribution in [0.5, 0.6) is 0 Å². The van der Waals surface area contributed by atoms with E-state index in [1.165, 1.54) is 12.8 Å². The van der Waals surface area contributed by atoms with Crippen molar-refractivity contribution in [3.05, 3.63) is 5.82 Å². The van der Waals surface area contributed by atoms with Crippen molar-refractivity contribution in [1.82, 2.24) is 20.5 Å². The van der Waals surface area contributed by atoms with Gasteiger partial charge >= 0.3 is 0 Å². The Bertz CT molecular complexity index is 614. The van der Waals surface area contributed by atoms with Gasteiger partial charge in [0.15, 0.2) is 9.84 Å². The first-order valence-corrected chi connectivity index (χ1v) is 9.54. The Labute approximate surface area is 124 Å². The quantitative estimate of drug-likeness (QED) is 0.792. The van der Waals surface area contributed by atoms with E-state index in [2.05, 4.69) is 25.4 Å². The molecular weight excluding hydrogens is 290 g/mol. The van der Waals surface area contributed by atoms with E-state index < -0.39 is 9.84 Å². The van der Waals surface area contributed by atoms with Gasteiger partial charge in [-0.15, -0.1) is 5.10 Å². The summed E-state index contributed by atoms with van der Waals surface area (Å²) in [4.78, 5) is 6.78. The van der Waals surface area contributed by atoms with E-state index in [-0.39, 0.29) is 17.4 Å². The number of aromatic nitrogens is 3. The summed E-state index contributed by atoms with van der Waals surface area (Å²) >= 11 is 0. The summed E-state index contributed by atoms with van der Waals surface area (Å²) in [6.07, 6.45) is 3.17. The lowest BCUT2D eigenvalue weighted by Gasteiger charge is -2.24. The van der Waals surface area contributed by atoms with Crippen LogP contribution in [0.15, 0.2) is 0 Å². The molecule has 8 heteroatoms. The van der Waals surface area contributed by atoms with E-state index in [0.29, 0.717) is 18.4 Å². The molecule has 3 atom stereocenters. The number of hydrogen-bond acceptors (Lipinski definition) is 6. The maximum Gasteiger partial charge on any atom is 0.244 e. The van der Waals surface area contributed by atoms with Gasteiger partial charge in [-0.3, -0.25) is 5.10 Å². The van der Waals surface area contributed by atoms with E-state index in [4.69, 9.17) is 0 Å². The van der Waals surface area contributed by atoms with Crippen LogP contribution in [-0.4, -0.2) is 60.8 Å². The highest BCUT2D eigenvalue weighted by molar-refractivity contribution is 7.91. The molecule has 0 spiro atoms. The number of sulfone groups is 1.